The van der Waals surface area contributed by atoms with Crippen LogP contribution in [-0.4, -0.2) is 37.1 Å². The lowest BCUT2D eigenvalue weighted by atomic mass is 9.88. The van der Waals surface area contributed by atoms with E-state index in [0.717, 1.165) is 35.3 Å². The Bertz CT molecular complexity index is 1120. The van der Waals surface area contributed by atoms with Crippen LogP contribution in [0.5, 0.6) is 0 Å². The number of benzene rings is 1. The number of nitrogens with two attached hydrogens (primary N) is 1. The minimum Gasteiger partial charge on any atom is -0.365 e. The molecule has 1 aromatic heterocycles. The van der Waals surface area contributed by atoms with Gasteiger partial charge in [0.05, 0.1) is 10.5 Å². The molecule has 0 spiro atoms. The van der Waals surface area contributed by atoms with Crippen LogP contribution in [0.25, 0.3) is 0 Å². The van der Waals surface area contributed by atoms with Crippen LogP contribution in [0.3, 0.4) is 0 Å². The number of nitrogens with one attached hydrogen (secondary N) is 1. The molecular formula is C22H27N3O4S2. The van der Waals surface area contributed by atoms with Crippen LogP contribution in [0.1, 0.15) is 52.5 Å². The lowest BCUT2D eigenvalue weighted by molar-refractivity contribution is -0.119. The van der Waals surface area contributed by atoms with Crippen molar-refractivity contribution in [3.8, 4) is 0 Å². The molecule has 4 rings (SSSR count). The summed E-state index contributed by atoms with van der Waals surface area (Å²) in [5, 5.41) is 3.28. The van der Waals surface area contributed by atoms with Crippen LogP contribution >= 0.6 is 11.3 Å². The number of sulfonamides is 1. The Morgan fingerprint density at radius 1 is 1.19 bits per heavy atom. The molecule has 2 unspecified atom stereocenters. The lowest BCUT2D eigenvalue weighted by Gasteiger charge is -2.23. The Kier molecular flexibility index (Phi) is 5.93. The Morgan fingerprint density at radius 2 is 1.90 bits per heavy atom. The normalized spacial score (nSPS) is 21.6. The van der Waals surface area contributed by atoms with Gasteiger partial charge in [0.1, 0.15) is 11.0 Å². The topological polar surface area (TPSA) is 110 Å². The van der Waals surface area contributed by atoms with Crippen molar-refractivity contribution in [2.75, 3.05) is 11.9 Å². The van der Waals surface area contributed by atoms with Gasteiger partial charge < -0.3 is 11.1 Å². The number of rotatable bonds is 5. The average molecular weight is 462 g/mol. The van der Waals surface area contributed by atoms with Crippen molar-refractivity contribution < 1.29 is 18.0 Å². The van der Waals surface area contributed by atoms with Crippen LogP contribution < -0.4 is 11.1 Å². The number of carbonyl (C=O) groups is 2. The van der Waals surface area contributed by atoms with Gasteiger partial charge in [0.15, 0.2) is 0 Å². The van der Waals surface area contributed by atoms with E-state index in [2.05, 4.69) is 12.2 Å². The average Bonchev–Trinajstić information content (AvgIpc) is 3.33. The molecular weight excluding hydrogens is 434 g/mol. The van der Waals surface area contributed by atoms with Gasteiger partial charge in [-0.2, -0.15) is 4.31 Å². The number of fused-ring (bicyclic) bond motifs is 1. The molecule has 1 saturated heterocycles. The van der Waals surface area contributed by atoms with Gasteiger partial charge in [-0.15, -0.1) is 11.3 Å². The minimum atomic E-state index is -3.79. The molecule has 0 radical (unpaired) electrons. The number of nitrogens with zero attached hydrogens (tertiary/aromatic N) is 1. The van der Waals surface area contributed by atoms with E-state index in [9.17, 15) is 18.0 Å². The quantitative estimate of drug-likeness (QED) is 0.713. The SMILES string of the molecule is Cc1ccc(S(=O)(=O)N2CCCC2C(=O)Nc2sc3c(c2C(N)=O)CCC(C)C3)cc1. The molecule has 166 valence electrons. The summed E-state index contributed by atoms with van der Waals surface area (Å²) in [6.45, 7) is 4.34. The summed E-state index contributed by atoms with van der Waals surface area (Å²) in [4.78, 5) is 26.6. The lowest BCUT2D eigenvalue weighted by Crippen LogP contribution is -2.43. The second-order valence-corrected chi connectivity index (χ2v) is 11.5. The molecule has 9 heteroatoms. The summed E-state index contributed by atoms with van der Waals surface area (Å²) in [7, 11) is -3.79. The highest BCUT2D eigenvalue weighted by atomic mass is 32.2. The monoisotopic (exact) mass is 461 g/mol. The number of hydrogen-bond acceptors (Lipinski definition) is 5. The minimum absolute atomic E-state index is 0.177. The standard InChI is InChI=1S/C22H27N3O4S2/c1-13-5-8-15(9-6-13)31(28,29)25-11-3-4-17(25)21(27)24-22-19(20(23)26)16-10-7-14(2)12-18(16)30-22/h5-6,8-9,14,17H,3-4,7,10-12H2,1-2H3,(H2,23,26)(H,24,27). The van der Waals surface area contributed by atoms with E-state index in [1.165, 1.54) is 15.6 Å². The second-order valence-electron chi connectivity index (χ2n) is 8.50. The molecule has 2 heterocycles. The first-order chi connectivity index (χ1) is 14.7. The Labute approximate surface area is 186 Å². The number of primary amides is 1. The van der Waals surface area contributed by atoms with Gasteiger partial charge in [0.2, 0.25) is 15.9 Å². The maximum Gasteiger partial charge on any atom is 0.251 e. The van der Waals surface area contributed by atoms with Crippen molar-refractivity contribution in [3.05, 3.63) is 45.8 Å². The van der Waals surface area contributed by atoms with Gasteiger partial charge in [-0.25, -0.2) is 8.42 Å². The summed E-state index contributed by atoms with van der Waals surface area (Å²) < 4.78 is 27.6. The molecule has 2 aliphatic rings. The zero-order valence-corrected chi connectivity index (χ0v) is 19.3. The molecule has 2 atom stereocenters. The first-order valence-corrected chi connectivity index (χ1v) is 12.8. The fourth-order valence-electron chi connectivity index (χ4n) is 4.43. The number of carbonyl (C=O) groups excluding carboxylic acids is 2. The molecule has 1 aromatic carbocycles. The van der Waals surface area contributed by atoms with E-state index in [1.54, 1.807) is 24.3 Å². The summed E-state index contributed by atoms with van der Waals surface area (Å²) >= 11 is 1.39. The van der Waals surface area contributed by atoms with E-state index < -0.39 is 27.9 Å². The van der Waals surface area contributed by atoms with Crippen molar-refractivity contribution in [2.45, 2.75) is 56.9 Å². The van der Waals surface area contributed by atoms with Gasteiger partial charge in [-0.05, 0) is 62.6 Å². The van der Waals surface area contributed by atoms with Crippen molar-refractivity contribution in [1.82, 2.24) is 4.31 Å². The maximum absolute atomic E-state index is 13.2. The van der Waals surface area contributed by atoms with Crippen LogP contribution in [0, 0.1) is 12.8 Å². The molecule has 31 heavy (non-hydrogen) atoms. The van der Waals surface area contributed by atoms with Gasteiger partial charge in [-0.1, -0.05) is 24.6 Å². The molecule has 3 N–H and O–H groups in total. The highest BCUT2D eigenvalue weighted by Gasteiger charge is 2.40. The molecule has 7 nitrogen and oxygen atoms in total. The predicted octanol–water partition coefficient (Wildman–Crippen LogP) is 3.07. The van der Waals surface area contributed by atoms with E-state index in [4.69, 9.17) is 5.73 Å². The van der Waals surface area contributed by atoms with Crippen LogP contribution in [0.2, 0.25) is 0 Å². The van der Waals surface area contributed by atoms with Crippen LogP contribution in [0.4, 0.5) is 5.00 Å². The zero-order valence-electron chi connectivity index (χ0n) is 17.7. The molecule has 1 fully saturated rings. The number of amides is 2. The molecule has 0 saturated carbocycles. The van der Waals surface area contributed by atoms with E-state index in [1.807, 2.05) is 6.92 Å². The van der Waals surface area contributed by atoms with Crippen LogP contribution in [-0.2, 0) is 27.7 Å². The number of aryl methyl sites for hydroxylation is 1. The molecule has 0 bridgehead atoms. The van der Waals surface area contributed by atoms with Crippen molar-refractivity contribution in [2.24, 2.45) is 11.7 Å². The second kappa shape index (κ2) is 8.37. The van der Waals surface area contributed by atoms with Crippen LogP contribution in [0.15, 0.2) is 29.2 Å². The molecule has 2 aromatic rings. The smallest absolute Gasteiger partial charge is 0.251 e. The summed E-state index contributed by atoms with van der Waals surface area (Å²) in [5.74, 6) is -0.458. The third kappa shape index (κ3) is 4.14. The van der Waals surface area contributed by atoms with Crippen molar-refractivity contribution >= 4 is 38.2 Å². The van der Waals surface area contributed by atoms with E-state index in [0.29, 0.717) is 29.3 Å². The number of thiophene rings is 1. The number of anilines is 1. The Morgan fingerprint density at radius 3 is 2.58 bits per heavy atom. The fraction of sp³-hybridized carbons (Fsp3) is 0.455. The van der Waals surface area contributed by atoms with Gasteiger partial charge in [-0.3, -0.25) is 9.59 Å². The Hall–Kier alpha value is -2.23. The highest BCUT2D eigenvalue weighted by molar-refractivity contribution is 7.89. The van der Waals surface area contributed by atoms with Crippen molar-refractivity contribution in [3.63, 3.8) is 0 Å². The van der Waals surface area contributed by atoms with Gasteiger partial charge >= 0.3 is 0 Å². The summed E-state index contributed by atoms with van der Waals surface area (Å²) in [6.07, 6.45) is 3.63. The Balaban J connectivity index is 1.60. The molecule has 1 aliphatic heterocycles. The van der Waals surface area contributed by atoms with E-state index in [-0.39, 0.29) is 11.4 Å². The zero-order chi connectivity index (χ0) is 22.3. The predicted molar refractivity (Wildman–Crippen MR) is 121 cm³/mol. The van der Waals surface area contributed by atoms with Gasteiger partial charge in [0, 0.05) is 11.4 Å². The first-order valence-electron chi connectivity index (χ1n) is 10.5. The number of hydrogen-bond donors (Lipinski definition) is 2. The highest BCUT2D eigenvalue weighted by Crippen LogP contribution is 2.40. The van der Waals surface area contributed by atoms with Crippen molar-refractivity contribution in [1.29, 1.82) is 0 Å². The maximum atomic E-state index is 13.2. The largest absolute Gasteiger partial charge is 0.365 e. The third-order valence-corrected chi connectivity index (χ3v) is 9.22. The fourth-order valence-corrected chi connectivity index (χ4v) is 7.51. The third-order valence-electron chi connectivity index (χ3n) is 6.13. The van der Waals surface area contributed by atoms with E-state index >= 15 is 0 Å². The summed E-state index contributed by atoms with van der Waals surface area (Å²) in [5.41, 5.74) is 7.92. The first kappa shape index (κ1) is 22.0. The molecule has 2 amide bonds. The van der Waals surface area contributed by atoms with Gasteiger partial charge in [0.25, 0.3) is 5.91 Å². The summed E-state index contributed by atoms with van der Waals surface area (Å²) in [6, 6.07) is 5.81. The molecule has 1 aliphatic carbocycles.